The van der Waals surface area contributed by atoms with Crippen LogP contribution in [0.3, 0.4) is 0 Å². The van der Waals surface area contributed by atoms with Gasteiger partial charge in [0, 0.05) is 31.5 Å². The van der Waals surface area contributed by atoms with Crippen molar-refractivity contribution in [3.05, 3.63) is 29.2 Å². The summed E-state index contributed by atoms with van der Waals surface area (Å²) < 4.78 is 6.29. The molecule has 2 atom stereocenters. The van der Waals surface area contributed by atoms with Crippen molar-refractivity contribution in [2.75, 3.05) is 12.4 Å². The number of carboxylic acids is 1. The Kier molecular flexibility index (Phi) is 6.73. The van der Waals surface area contributed by atoms with Gasteiger partial charge in [0.25, 0.3) is 11.8 Å². The van der Waals surface area contributed by atoms with Gasteiger partial charge in [-0.15, -0.1) is 11.8 Å². The van der Waals surface area contributed by atoms with Gasteiger partial charge in [-0.1, -0.05) is 0 Å². The number of ether oxygens (including phenoxy) is 1. The zero-order valence-electron chi connectivity index (χ0n) is 14.9. The summed E-state index contributed by atoms with van der Waals surface area (Å²) in [5.41, 5.74) is 0.282. The van der Waals surface area contributed by atoms with E-state index in [1.807, 2.05) is 0 Å². The number of esters is 1. The van der Waals surface area contributed by atoms with Crippen LogP contribution in [-0.2, 0) is 26.2 Å². The number of hydrogen-bond acceptors (Lipinski definition) is 8. The van der Waals surface area contributed by atoms with Crippen LogP contribution in [0.5, 0.6) is 0 Å². The molecular formula is C15H15N4NaO6S. The van der Waals surface area contributed by atoms with Gasteiger partial charge in [0.15, 0.2) is 0 Å². The van der Waals surface area contributed by atoms with Crippen LogP contribution < -0.4 is 40.0 Å². The molecule has 3 rings (SSSR count). The van der Waals surface area contributed by atoms with Crippen molar-refractivity contribution in [2.24, 2.45) is 7.05 Å². The number of aryl methyl sites for hydroxylation is 1. The van der Waals surface area contributed by atoms with Gasteiger partial charge < -0.3 is 20.0 Å². The second-order valence-corrected chi connectivity index (χ2v) is 6.89. The molecule has 1 aromatic rings. The maximum absolute atomic E-state index is 12.4. The quantitative estimate of drug-likeness (QED) is 0.294. The van der Waals surface area contributed by atoms with Gasteiger partial charge in [-0.05, 0) is 0 Å². The number of aliphatic carboxylic acids is 1. The molecule has 10 nitrogen and oxygen atoms in total. The largest absolute Gasteiger partial charge is 1.00 e. The van der Waals surface area contributed by atoms with E-state index in [0.29, 0.717) is 5.56 Å². The zero-order valence-corrected chi connectivity index (χ0v) is 17.7. The van der Waals surface area contributed by atoms with E-state index in [1.54, 1.807) is 7.05 Å². The molecule has 1 aromatic heterocycles. The number of carboxylic acid groups (broad SMARTS) is 1. The molecule has 27 heavy (non-hydrogen) atoms. The standard InChI is InChI=1S/C15H16N4O6S.Na/c1-7(20)25-5-9-6-26-14-10(13(22)19(14)11(9)15(23)24)17-12(21)8-3-16-18(2)4-8;/h3-4,10,14H,5-6H2,1-2H3,(H,17,21)(H,23,24);/q;+1/p-1. The van der Waals surface area contributed by atoms with Crippen LogP contribution in [0.4, 0.5) is 0 Å². The Morgan fingerprint density at radius 3 is 2.70 bits per heavy atom. The van der Waals surface area contributed by atoms with E-state index in [0.717, 1.165) is 4.90 Å². The Bertz CT molecular complexity index is 838. The Morgan fingerprint density at radius 1 is 1.44 bits per heavy atom. The summed E-state index contributed by atoms with van der Waals surface area (Å²) in [7, 11) is 1.66. The van der Waals surface area contributed by atoms with E-state index < -0.39 is 35.2 Å². The summed E-state index contributed by atoms with van der Waals surface area (Å²) >= 11 is 1.28. The molecule has 0 aromatic carbocycles. The van der Waals surface area contributed by atoms with Crippen molar-refractivity contribution >= 4 is 35.5 Å². The van der Waals surface area contributed by atoms with E-state index in [9.17, 15) is 24.3 Å². The van der Waals surface area contributed by atoms with Crippen LogP contribution in [0.1, 0.15) is 17.3 Å². The molecule has 0 spiro atoms. The maximum atomic E-state index is 12.4. The molecule has 138 valence electrons. The summed E-state index contributed by atoms with van der Waals surface area (Å²) in [5, 5.41) is 17.4. The average Bonchev–Trinajstić information content (AvgIpc) is 3.02. The first-order valence-corrected chi connectivity index (χ1v) is 8.65. The van der Waals surface area contributed by atoms with Crippen LogP contribution >= 0.6 is 11.8 Å². The minimum Gasteiger partial charge on any atom is -0.543 e. The van der Waals surface area contributed by atoms with E-state index in [-0.39, 0.29) is 53.2 Å². The van der Waals surface area contributed by atoms with Gasteiger partial charge in [-0.25, -0.2) is 0 Å². The summed E-state index contributed by atoms with van der Waals surface area (Å²) in [5.74, 6) is -2.87. The van der Waals surface area contributed by atoms with Gasteiger partial charge in [0.2, 0.25) is 0 Å². The molecule has 0 saturated carbocycles. The van der Waals surface area contributed by atoms with Crippen LogP contribution in [0.25, 0.3) is 0 Å². The van der Waals surface area contributed by atoms with E-state index in [1.165, 1.54) is 35.8 Å². The average molecular weight is 402 g/mol. The molecule has 2 aliphatic heterocycles. The summed E-state index contributed by atoms with van der Waals surface area (Å²) in [6, 6.07) is -0.850. The zero-order chi connectivity index (χ0) is 19.0. The van der Waals surface area contributed by atoms with Gasteiger partial charge >= 0.3 is 35.5 Å². The number of thioether (sulfide) groups is 1. The third kappa shape index (κ3) is 4.21. The molecule has 0 radical (unpaired) electrons. The number of β-lactam (4-membered cyclic amide) rings is 1. The number of amides is 2. The minimum atomic E-state index is -1.53. The predicted molar refractivity (Wildman–Crippen MR) is 86.2 cm³/mol. The maximum Gasteiger partial charge on any atom is 1.00 e. The molecule has 0 bridgehead atoms. The van der Waals surface area contributed by atoms with E-state index in [2.05, 4.69) is 10.4 Å². The number of carbonyl (C=O) groups excluding carboxylic acids is 4. The Labute approximate surface area is 180 Å². The molecular weight excluding hydrogens is 387 g/mol. The van der Waals surface area contributed by atoms with Gasteiger partial charge in [0.05, 0.1) is 23.4 Å². The molecule has 2 amide bonds. The number of nitrogens with one attached hydrogen (secondary N) is 1. The third-order valence-corrected chi connectivity index (χ3v) is 5.28. The Morgan fingerprint density at radius 2 is 2.15 bits per heavy atom. The summed E-state index contributed by atoms with van der Waals surface area (Å²) in [4.78, 5) is 48.1. The smallest absolute Gasteiger partial charge is 0.543 e. The minimum absolute atomic E-state index is 0. The fourth-order valence-corrected chi connectivity index (χ4v) is 4.06. The number of fused-ring (bicyclic) bond motifs is 1. The van der Waals surface area contributed by atoms with Crippen LogP contribution in [0.2, 0.25) is 0 Å². The SMILES string of the molecule is CC(=O)OCC1=C(C(=O)[O-])N2C(=O)C(NC(=O)c3cnn(C)c3)C2SC1.[Na+]. The molecule has 0 aliphatic carbocycles. The van der Waals surface area contributed by atoms with Crippen LogP contribution in [-0.4, -0.2) is 62.2 Å². The fraction of sp³-hybridized carbons (Fsp3) is 0.400. The molecule has 12 heteroatoms. The van der Waals surface area contributed by atoms with Crippen LogP contribution in [0.15, 0.2) is 23.7 Å². The van der Waals surface area contributed by atoms with Crippen molar-refractivity contribution in [3.63, 3.8) is 0 Å². The molecule has 3 heterocycles. The number of nitrogens with zero attached hydrogens (tertiary/aromatic N) is 3. The normalized spacial score (nSPS) is 21.0. The van der Waals surface area contributed by atoms with Crippen molar-refractivity contribution in [1.82, 2.24) is 20.0 Å². The first-order chi connectivity index (χ1) is 12.3. The first kappa shape index (κ1) is 21.5. The van der Waals surface area contributed by atoms with E-state index in [4.69, 9.17) is 4.74 Å². The van der Waals surface area contributed by atoms with Crippen molar-refractivity contribution < 1.29 is 58.6 Å². The molecule has 1 fully saturated rings. The summed E-state index contributed by atoms with van der Waals surface area (Å²) in [6.07, 6.45) is 2.88. The number of aromatic nitrogens is 2. The number of hydrogen-bond donors (Lipinski definition) is 1. The number of rotatable bonds is 5. The van der Waals surface area contributed by atoms with Crippen LogP contribution in [0, 0.1) is 0 Å². The summed E-state index contributed by atoms with van der Waals surface area (Å²) in [6.45, 7) is 0.978. The van der Waals surface area contributed by atoms with Crippen molar-refractivity contribution in [1.29, 1.82) is 0 Å². The second kappa shape index (κ2) is 8.46. The van der Waals surface area contributed by atoms with Crippen molar-refractivity contribution in [3.8, 4) is 0 Å². The molecule has 1 N–H and O–H groups in total. The molecule has 2 unspecified atom stereocenters. The predicted octanol–water partition coefficient (Wildman–Crippen LogP) is -5.00. The van der Waals surface area contributed by atoms with Gasteiger partial charge in [-0.3, -0.25) is 24.0 Å². The monoisotopic (exact) mass is 402 g/mol. The molecule has 2 aliphatic rings. The van der Waals surface area contributed by atoms with E-state index >= 15 is 0 Å². The topological polar surface area (TPSA) is 134 Å². The fourth-order valence-electron chi connectivity index (χ4n) is 2.73. The van der Waals surface area contributed by atoms with Gasteiger partial charge in [-0.2, -0.15) is 5.10 Å². The second-order valence-electron chi connectivity index (χ2n) is 5.78. The first-order valence-electron chi connectivity index (χ1n) is 7.60. The Balaban J connectivity index is 0.00000261. The molecule has 1 saturated heterocycles. The van der Waals surface area contributed by atoms with Crippen molar-refractivity contribution in [2.45, 2.75) is 18.3 Å². The van der Waals surface area contributed by atoms with Gasteiger partial charge in [0.1, 0.15) is 18.0 Å². The Hall–Kier alpha value is -1.82. The number of carbonyl (C=O) groups is 4. The third-order valence-electron chi connectivity index (χ3n) is 3.94.